The standard InChI is InChI=1S/C7H8N2O3S/c8-6(12)4-1-2-13-7(4)9-5(11)3-10/h1-2,10H,3H2,(H2,8,12)(H,9,11). The van der Waals surface area contributed by atoms with E-state index in [-0.39, 0.29) is 5.56 Å². The Labute approximate surface area is 78.2 Å². The zero-order valence-corrected chi connectivity index (χ0v) is 7.43. The van der Waals surface area contributed by atoms with E-state index in [0.29, 0.717) is 5.00 Å². The van der Waals surface area contributed by atoms with Crippen molar-refractivity contribution in [3.8, 4) is 0 Å². The minimum Gasteiger partial charge on any atom is -0.387 e. The molecule has 0 spiro atoms. The lowest BCUT2D eigenvalue weighted by Crippen LogP contribution is -2.18. The number of nitrogens with one attached hydrogen (secondary N) is 1. The molecule has 0 fully saturated rings. The maximum atomic E-state index is 10.8. The van der Waals surface area contributed by atoms with Crippen LogP contribution in [0, 0.1) is 0 Å². The number of aliphatic hydroxyl groups excluding tert-OH is 1. The van der Waals surface area contributed by atoms with Crippen molar-refractivity contribution in [3.63, 3.8) is 0 Å². The molecule has 0 aliphatic carbocycles. The third-order valence-electron chi connectivity index (χ3n) is 1.33. The molecule has 1 heterocycles. The fraction of sp³-hybridized carbons (Fsp3) is 0.143. The van der Waals surface area contributed by atoms with Gasteiger partial charge in [0.1, 0.15) is 11.6 Å². The summed E-state index contributed by atoms with van der Waals surface area (Å²) >= 11 is 1.18. The van der Waals surface area contributed by atoms with Crippen molar-refractivity contribution in [1.29, 1.82) is 0 Å². The predicted molar refractivity (Wildman–Crippen MR) is 48.6 cm³/mol. The summed E-state index contributed by atoms with van der Waals surface area (Å²) in [5, 5.41) is 12.8. The molecule has 0 saturated heterocycles. The van der Waals surface area contributed by atoms with Crippen molar-refractivity contribution in [2.45, 2.75) is 0 Å². The quantitative estimate of drug-likeness (QED) is 0.629. The van der Waals surface area contributed by atoms with Gasteiger partial charge in [-0.25, -0.2) is 0 Å². The van der Waals surface area contributed by atoms with Crippen LogP contribution in [0.5, 0.6) is 0 Å². The van der Waals surface area contributed by atoms with E-state index >= 15 is 0 Å². The van der Waals surface area contributed by atoms with E-state index in [1.807, 2.05) is 0 Å². The van der Waals surface area contributed by atoms with Gasteiger partial charge in [0.15, 0.2) is 0 Å². The van der Waals surface area contributed by atoms with Gasteiger partial charge in [0, 0.05) is 0 Å². The molecule has 0 unspecified atom stereocenters. The van der Waals surface area contributed by atoms with Gasteiger partial charge in [-0.2, -0.15) is 0 Å². The van der Waals surface area contributed by atoms with Gasteiger partial charge in [-0.3, -0.25) is 9.59 Å². The number of primary amides is 1. The number of nitrogens with two attached hydrogens (primary N) is 1. The van der Waals surface area contributed by atoms with Crippen molar-refractivity contribution in [2.24, 2.45) is 5.73 Å². The summed E-state index contributed by atoms with van der Waals surface area (Å²) in [5.41, 5.74) is 5.29. The molecule has 0 aliphatic heterocycles. The Morgan fingerprint density at radius 2 is 2.31 bits per heavy atom. The number of hydrogen-bond acceptors (Lipinski definition) is 4. The van der Waals surface area contributed by atoms with Crippen LogP contribution in [0.15, 0.2) is 11.4 Å². The van der Waals surface area contributed by atoms with E-state index in [2.05, 4.69) is 5.32 Å². The van der Waals surface area contributed by atoms with Gasteiger partial charge in [0.25, 0.3) is 11.8 Å². The lowest BCUT2D eigenvalue weighted by atomic mass is 10.3. The first-order chi connectivity index (χ1) is 6.15. The molecule has 0 atom stereocenters. The van der Waals surface area contributed by atoms with Crippen molar-refractivity contribution < 1.29 is 14.7 Å². The highest BCUT2D eigenvalue weighted by molar-refractivity contribution is 7.14. The van der Waals surface area contributed by atoms with Crippen LogP contribution in [-0.4, -0.2) is 23.5 Å². The summed E-state index contributed by atoms with van der Waals surface area (Å²) in [6, 6.07) is 1.51. The number of hydrogen-bond donors (Lipinski definition) is 3. The second-order valence-electron chi connectivity index (χ2n) is 2.23. The number of rotatable bonds is 3. The van der Waals surface area contributed by atoms with Crippen molar-refractivity contribution in [2.75, 3.05) is 11.9 Å². The van der Waals surface area contributed by atoms with Crippen molar-refractivity contribution >= 4 is 28.2 Å². The van der Waals surface area contributed by atoms with E-state index in [4.69, 9.17) is 10.8 Å². The molecule has 0 aliphatic rings. The highest BCUT2D eigenvalue weighted by Crippen LogP contribution is 2.22. The molecular formula is C7H8N2O3S. The van der Waals surface area contributed by atoms with Gasteiger partial charge < -0.3 is 16.2 Å². The van der Waals surface area contributed by atoms with Gasteiger partial charge in [-0.15, -0.1) is 11.3 Å². The molecule has 4 N–H and O–H groups in total. The first kappa shape index (κ1) is 9.69. The summed E-state index contributed by atoms with van der Waals surface area (Å²) in [6.45, 7) is -0.615. The Morgan fingerprint density at radius 1 is 1.62 bits per heavy atom. The zero-order chi connectivity index (χ0) is 9.84. The van der Waals surface area contributed by atoms with Crippen LogP contribution in [0.1, 0.15) is 10.4 Å². The fourth-order valence-electron chi connectivity index (χ4n) is 0.766. The van der Waals surface area contributed by atoms with Crippen LogP contribution in [0.3, 0.4) is 0 Å². The first-order valence-corrected chi connectivity index (χ1v) is 4.31. The monoisotopic (exact) mass is 200 g/mol. The van der Waals surface area contributed by atoms with Gasteiger partial charge in [0.05, 0.1) is 5.56 Å². The Balaban J connectivity index is 2.82. The Hall–Kier alpha value is -1.40. The zero-order valence-electron chi connectivity index (χ0n) is 6.61. The number of amides is 2. The van der Waals surface area contributed by atoms with E-state index in [0.717, 1.165) is 0 Å². The summed E-state index contributed by atoms with van der Waals surface area (Å²) < 4.78 is 0. The van der Waals surface area contributed by atoms with Crippen LogP contribution in [-0.2, 0) is 4.79 Å². The highest BCUT2D eigenvalue weighted by atomic mass is 32.1. The SMILES string of the molecule is NC(=O)c1ccsc1NC(=O)CO. The van der Waals surface area contributed by atoms with Gasteiger partial charge in [0.2, 0.25) is 0 Å². The van der Waals surface area contributed by atoms with Crippen LogP contribution < -0.4 is 11.1 Å². The summed E-state index contributed by atoms with van der Waals surface area (Å²) in [6.07, 6.45) is 0. The molecule has 1 aromatic rings. The van der Waals surface area contributed by atoms with E-state index in [1.54, 1.807) is 5.38 Å². The molecule has 0 bridgehead atoms. The van der Waals surface area contributed by atoms with Crippen molar-refractivity contribution in [1.82, 2.24) is 0 Å². The van der Waals surface area contributed by atoms with Crippen LogP contribution in [0.4, 0.5) is 5.00 Å². The average Bonchev–Trinajstić information content (AvgIpc) is 2.52. The Kier molecular flexibility index (Phi) is 2.99. The third kappa shape index (κ3) is 2.27. The fourth-order valence-corrected chi connectivity index (χ4v) is 1.57. The minimum absolute atomic E-state index is 0.256. The normalized spacial score (nSPS) is 9.62. The Bertz CT molecular complexity index is 334. The molecule has 0 radical (unpaired) electrons. The smallest absolute Gasteiger partial charge is 0.251 e. The Morgan fingerprint density at radius 3 is 2.85 bits per heavy atom. The lowest BCUT2D eigenvalue weighted by Gasteiger charge is -2.00. The molecule has 6 heteroatoms. The van der Waals surface area contributed by atoms with Crippen molar-refractivity contribution in [3.05, 3.63) is 17.0 Å². The highest BCUT2D eigenvalue weighted by Gasteiger charge is 2.11. The van der Waals surface area contributed by atoms with Gasteiger partial charge in [-0.05, 0) is 11.4 Å². The van der Waals surface area contributed by atoms with Crippen LogP contribution in [0.25, 0.3) is 0 Å². The topological polar surface area (TPSA) is 92.4 Å². The van der Waals surface area contributed by atoms with Crippen LogP contribution in [0.2, 0.25) is 0 Å². The summed E-state index contributed by atoms with van der Waals surface area (Å²) in [4.78, 5) is 21.5. The van der Waals surface area contributed by atoms with Gasteiger partial charge >= 0.3 is 0 Å². The number of aliphatic hydroxyl groups is 1. The number of thiophene rings is 1. The number of carbonyl (C=O) groups excluding carboxylic acids is 2. The molecule has 0 saturated carbocycles. The molecule has 5 nitrogen and oxygen atoms in total. The second-order valence-corrected chi connectivity index (χ2v) is 3.15. The van der Waals surface area contributed by atoms with Crippen LogP contribution >= 0.6 is 11.3 Å². The molecular weight excluding hydrogens is 192 g/mol. The summed E-state index contributed by atoms with van der Waals surface area (Å²) in [7, 11) is 0. The molecule has 0 aromatic carbocycles. The van der Waals surface area contributed by atoms with E-state index in [1.165, 1.54) is 17.4 Å². The van der Waals surface area contributed by atoms with E-state index in [9.17, 15) is 9.59 Å². The maximum Gasteiger partial charge on any atom is 0.251 e. The molecule has 70 valence electrons. The molecule has 2 amide bonds. The third-order valence-corrected chi connectivity index (χ3v) is 2.16. The summed E-state index contributed by atoms with van der Waals surface area (Å²) in [5.74, 6) is -1.17. The minimum atomic E-state index is -0.615. The number of anilines is 1. The molecule has 13 heavy (non-hydrogen) atoms. The maximum absolute atomic E-state index is 10.8. The van der Waals surface area contributed by atoms with Gasteiger partial charge in [-0.1, -0.05) is 0 Å². The second kappa shape index (κ2) is 4.01. The largest absolute Gasteiger partial charge is 0.387 e. The molecule has 1 rings (SSSR count). The lowest BCUT2D eigenvalue weighted by molar-refractivity contribution is -0.118. The first-order valence-electron chi connectivity index (χ1n) is 3.43. The predicted octanol–water partition coefficient (Wildman–Crippen LogP) is -0.222. The number of carbonyl (C=O) groups is 2. The molecule has 1 aromatic heterocycles. The van der Waals surface area contributed by atoms with E-state index < -0.39 is 18.4 Å². The average molecular weight is 200 g/mol.